The van der Waals surface area contributed by atoms with E-state index < -0.39 is 29.4 Å². The number of carbonyl (C=O) groups is 3. The number of ether oxygens (including phenoxy) is 1. The maximum Gasteiger partial charge on any atom is 0.280 e. The Morgan fingerprint density at radius 1 is 0.893 bits per heavy atom. The molecular weight excluding hydrogens is 721 g/mol. The molecule has 2 aromatic heterocycles. The lowest BCUT2D eigenvalue weighted by molar-refractivity contribution is -0.134. The van der Waals surface area contributed by atoms with Crippen LogP contribution < -0.4 is 20.3 Å². The maximum absolute atomic E-state index is 15.1. The fourth-order valence-corrected chi connectivity index (χ4v) is 8.00. The van der Waals surface area contributed by atoms with Crippen molar-refractivity contribution in [2.75, 3.05) is 56.1 Å². The van der Waals surface area contributed by atoms with Gasteiger partial charge in [0, 0.05) is 76.1 Å². The molecule has 4 aromatic rings. The highest BCUT2D eigenvalue weighted by Crippen LogP contribution is 2.36. The average Bonchev–Trinajstić information content (AvgIpc) is 3.71. The number of amides is 3. The van der Waals surface area contributed by atoms with Gasteiger partial charge in [-0.25, -0.2) is 13.5 Å². The number of anilines is 2. The highest BCUT2D eigenvalue weighted by Gasteiger charge is 2.33. The van der Waals surface area contributed by atoms with Gasteiger partial charge in [0.15, 0.2) is 0 Å². The highest BCUT2D eigenvalue weighted by molar-refractivity contribution is 6.19. The summed E-state index contributed by atoms with van der Waals surface area (Å²) in [7, 11) is 1.83. The number of nitrogens with one attached hydrogen (secondary N) is 2. The Morgan fingerprint density at radius 3 is 2.46 bits per heavy atom. The molecule has 2 bridgehead atoms. The number of hydrogen-bond donors (Lipinski definition) is 2. The zero-order chi connectivity index (χ0) is 38.9. The summed E-state index contributed by atoms with van der Waals surface area (Å²) in [6, 6.07) is 12.5. The molecule has 0 aliphatic carbocycles. The van der Waals surface area contributed by atoms with Gasteiger partial charge in [-0.15, -0.1) is 0 Å². The van der Waals surface area contributed by atoms with E-state index in [9.17, 15) is 14.4 Å². The van der Waals surface area contributed by atoms with Crippen LogP contribution in [0.25, 0.3) is 11.3 Å². The lowest BCUT2D eigenvalue weighted by Crippen LogP contribution is -2.46. The SMILES string of the molecule is Cc1cc2cc(n1)-c1cnn(C)c1OCCCCCN1/C(=N/C2=O)Nc2ccc(CN3CCN(CCc4cc(F)c([C@H]5CCC(=O)NC5=O)c(F)c4)CC3)cc21. The Hall–Kier alpha value is -5.54. The van der Waals surface area contributed by atoms with Crippen molar-refractivity contribution in [3.63, 3.8) is 0 Å². The van der Waals surface area contributed by atoms with E-state index in [1.54, 1.807) is 23.0 Å². The van der Waals surface area contributed by atoms with Gasteiger partial charge in [-0.05, 0) is 86.6 Å². The van der Waals surface area contributed by atoms with Crippen molar-refractivity contribution < 1.29 is 27.9 Å². The third kappa shape index (κ3) is 7.91. The third-order valence-corrected chi connectivity index (χ3v) is 11.0. The summed E-state index contributed by atoms with van der Waals surface area (Å²) >= 11 is 0. The first-order valence-electron chi connectivity index (χ1n) is 19.3. The van der Waals surface area contributed by atoms with E-state index >= 15 is 8.78 Å². The molecule has 0 spiro atoms. The quantitative estimate of drug-likeness (QED) is 0.260. The van der Waals surface area contributed by atoms with Gasteiger partial charge < -0.3 is 19.9 Å². The molecule has 2 N–H and O–H groups in total. The summed E-state index contributed by atoms with van der Waals surface area (Å²) in [6.45, 7) is 7.80. The molecule has 0 saturated carbocycles. The molecule has 4 aliphatic heterocycles. The number of benzene rings is 2. The molecule has 1 atom stereocenters. The normalized spacial score (nSPS) is 20.4. The number of hydrogen-bond acceptors (Lipinski definition) is 10. The summed E-state index contributed by atoms with van der Waals surface area (Å²) < 4.78 is 38.0. The summed E-state index contributed by atoms with van der Waals surface area (Å²) in [5.74, 6) is -2.81. The molecule has 13 nitrogen and oxygen atoms in total. The Morgan fingerprint density at radius 2 is 1.68 bits per heavy atom. The van der Waals surface area contributed by atoms with Gasteiger partial charge in [0.05, 0.1) is 41.4 Å². The third-order valence-electron chi connectivity index (χ3n) is 11.0. The number of aliphatic imine (C=N–C) groups is 1. The van der Waals surface area contributed by atoms with E-state index in [1.165, 1.54) is 12.1 Å². The minimum atomic E-state index is -1.00. The molecule has 2 aromatic carbocycles. The van der Waals surface area contributed by atoms with Crippen molar-refractivity contribution in [3.05, 3.63) is 88.2 Å². The first kappa shape index (κ1) is 37.4. The van der Waals surface area contributed by atoms with Crippen LogP contribution in [0.5, 0.6) is 5.88 Å². The standard InChI is InChI=1S/C41H45F2N9O4/c1-25-18-28-22-34(45-25)30-23-44-49(2)40(30)56-17-5-3-4-11-52-35-21-27(6-8-33(35)46-41(52)48-38(28)54)24-51-15-13-50(14-16-51)12-10-26-19-31(42)37(32(43)20-26)29-7-9-36(53)47-39(29)55/h6,8,18-23,29H,3-5,7,9-17,24H2,1-2H3,(H,46,48,54)(H,47,53,55)/t29-/m1/s1. The minimum Gasteiger partial charge on any atom is -0.477 e. The highest BCUT2D eigenvalue weighted by atomic mass is 19.1. The van der Waals surface area contributed by atoms with Crippen LogP contribution in [0.15, 0.2) is 53.7 Å². The van der Waals surface area contributed by atoms with Gasteiger partial charge >= 0.3 is 0 Å². The number of guanidine groups is 1. The van der Waals surface area contributed by atoms with Gasteiger partial charge in [0.1, 0.15) is 11.6 Å². The molecule has 292 valence electrons. The van der Waals surface area contributed by atoms with Crippen LogP contribution in [-0.2, 0) is 29.6 Å². The van der Waals surface area contributed by atoms with E-state index in [0.717, 1.165) is 74.5 Å². The number of carbonyl (C=O) groups excluding carboxylic acids is 3. The van der Waals surface area contributed by atoms with Crippen molar-refractivity contribution in [1.29, 1.82) is 0 Å². The number of rotatable bonds is 6. The number of aryl methyl sites for hydroxylation is 2. The molecule has 4 aliphatic rings. The predicted octanol–water partition coefficient (Wildman–Crippen LogP) is 4.94. The zero-order valence-electron chi connectivity index (χ0n) is 31.6. The number of aromatic nitrogens is 3. The van der Waals surface area contributed by atoms with Crippen LogP contribution in [-0.4, -0.2) is 94.1 Å². The van der Waals surface area contributed by atoms with E-state index in [2.05, 4.69) is 58.6 Å². The molecule has 3 amide bonds. The smallest absolute Gasteiger partial charge is 0.280 e. The van der Waals surface area contributed by atoms with Crippen molar-refractivity contribution in [1.82, 2.24) is 29.9 Å². The summed E-state index contributed by atoms with van der Waals surface area (Å²) in [5, 5.41) is 9.96. The summed E-state index contributed by atoms with van der Waals surface area (Å²) in [4.78, 5) is 53.5. The van der Waals surface area contributed by atoms with Crippen LogP contribution in [0.3, 0.4) is 0 Å². The molecule has 0 unspecified atom stereocenters. The number of piperazine rings is 1. The van der Waals surface area contributed by atoms with E-state index in [-0.39, 0.29) is 24.3 Å². The number of imide groups is 1. The summed E-state index contributed by atoms with van der Waals surface area (Å²) in [6.07, 6.45) is 5.00. The second-order valence-electron chi connectivity index (χ2n) is 15.0. The fraction of sp³-hybridized carbons (Fsp3) is 0.415. The minimum absolute atomic E-state index is 0.0582. The largest absolute Gasteiger partial charge is 0.477 e. The van der Waals surface area contributed by atoms with Crippen molar-refractivity contribution in [3.8, 4) is 17.1 Å². The van der Waals surface area contributed by atoms with Crippen LogP contribution in [0, 0.1) is 18.6 Å². The topological polar surface area (TPSA) is 137 Å². The predicted molar refractivity (Wildman–Crippen MR) is 207 cm³/mol. The van der Waals surface area contributed by atoms with Gasteiger partial charge in [-0.3, -0.25) is 29.6 Å². The van der Waals surface area contributed by atoms with Crippen molar-refractivity contribution in [2.24, 2.45) is 12.0 Å². The van der Waals surface area contributed by atoms with E-state index in [1.807, 2.05) is 14.0 Å². The number of halogens is 2. The van der Waals surface area contributed by atoms with Crippen molar-refractivity contribution in [2.45, 2.75) is 57.9 Å². The Kier molecular flexibility index (Phi) is 10.6. The molecule has 0 radical (unpaired) electrons. The number of fused-ring (bicyclic) bond motifs is 7. The molecule has 56 heavy (non-hydrogen) atoms. The van der Waals surface area contributed by atoms with Crippen molar-refractivity contribution >= 4 is 35.1 Å². The fourth-order valence-electron chi connectivity index (χ4n) is 8.00. The van der Waals surface area contributed by atoms with Gasteiger partial charge in [-0.2, -0.15) is 10.1 Å². The number of piperidine rings is 1. The average molecular weight is 766 g/mol. The van der Waals surface area contributed by atoms with E-state index in [4.69, 9.17) is 4.74 Å². The van der Waals surface area contributed by atoms with E-state index in [0.29, 0.717) is 60.5 Å². The Bertz CT molecular complexity index is 2190. The number of pyridine rings is 1. The lowest BCUT2D eigenvalue weighted by Gasteiger charge is -2.35. The molecule has 8 rings (SSSR count). The molecule has 15 heteroatoms. The second-order valence-corrected chi connectivity index (χ2v) is 15.0. The second kappa shape index (κ2) is 15.9. The van der Waals surface area contributed by atoms with Gasteiger partial charge in [-0.1, -0.05) is 6.07 Å². The number of nitrogens with zero attached hydrogens (tertiary/aromatic N) is 7. The van der Waals surface area contributed by atoms with Crippen LogP contribution in [0.4, 0.5) is 20.2 Å². The zero-order valence-corrected chi connectivity index (χ0v) is 31.6. The monoisotopic (exact) mass is 765 g/mol. The molecule has 2 fully saturated rings. The molecular formula is C41H45F2N9O4. The first-order chi connectivity index (χ1) is 27.1. The lowest BCUT2D eigenvalue weighted by atomic mass is 9.89. The van der Waals surface area contributed by atoms with Crippen LogP contribution >= 0.6 is 0 Å². The van der Waals surface area contributed by atoms with Gasteiger partial charge in [0.2, 0.25) is 23.7 Å². The Labute approximate surface area is 323 Å². The Balaban J connectivity index is 0.907. The molecule has 2 saturated heterocycles. The maximum atomic E-state index is 15.1. The van der Waals surface area contributed by atoms with Gasteiger partial charge in [0.25, 0.3) is 5.91 Å². The van der Waals surface area contributed by atoms with Crippen LogP contribution in [0.1, 0.15) is 70.8 Å². The molecule has 6 heterocycles. The van der Waals surface area contributed by atoms with Crippen LogP contribution in [0.2, 0.25) is 0 Å². The first-order valence-corrected chi connectivity index (χ1v) is 19.3. The summed E-state index contributed by atoms with van der Waals surface area (Å²) in [5.41, 5.74) is 5.79.